The molecule has 3 N–H and O–H groups in total. The van der Waals surface area contributed by atoms with E-state index in [1.54, 1.807) is 12.1 Å². The molecule has 1 aliphatic heterocycles. The molecule has 19 heavy (non-hydrogen) atoms. The fourth-order valence-corrected chi connectivity index (χ4v) is 3.01. The standard InChI is InChI=1S/C11H13ClN2O4S/c12-8-1-2-9(19-8)13-11(18)14-4-6(5-15)3-7(14)10(16)17/h1-2,6-7,15H,3-5H2,(H,13,18)(H,16,17)/t6-,7-/m1/s1. The Morgan fingerprint density at radius 3 is 2.79 bits per heavy atom. The van der Waals surface area contributed by atoms with Gasteiger partial charge in [0.25, 0.3) is 0 Å². The Labute approximate surface area is 118 Å². The van der Waals surface area contributed by atoms with Crippen molar-refractivity contribution < 1.29 is 19.8 Å². The third-order valence-corrected chi connectivity index (χ3v) is 4.14. The van der Waals surface area contributed by atoms with Crippen molar-refractivity contribution >= 4 is 39.9 Å². The highest BCUT2D eigenvalue weighted by Gasteiger charge is 2.39. The number of nitrogens with zero attached hydrogens (tertiary/aromatic N) is 1. The van der Waals surface area contributed by atoms with Crippen LogP contribution in [0.25, 0.3) is 0 Å². The van der Waals surface area contributed by atoms with Gasteiger partial charge in [0.1, 0.15) is 6.04 Å². The molecule has 6 nitrogen and oxygen atoms in total. The highest BCUT2D eigenvalue weighted by Crippen LogP contribution is 2.28. The molecule has 1 aromatic rings. The summed E-state index contributed by atoms with van der Waals surface area (Å²) in [6.45, 7) is 0.108. The number of urea groups is 1. The predicted octanol–water partition coefficient (Wildman–Crippen LogP) is 1.70. The van der Waals surface area contributed by atoms with Crippen LogP contribution in [-0.4, -0.2) is 46.3 Å². The van der Waals surface area contributed by atoms with Crippen LogP contribution in [0, 0.1) is 5.92 Å². The van der Waals surface area contributed by atoms with Gasteiger partial charge in [-0.3, -0.25) is 5.32 Å². The van der Waals surface area contributed by atoms with E-state index in [2.05, 4.69) is 5.32 Å². The van der Waals surface area contributed by atoms with E-state index in [0.717, 1.165) is 0 Å². The first-order valence-electron chi connectivity index (χ1n) is 5.68. The van der Waals surface area contributed by atoms with E-state index < -0.39 is 18.0 Å². The Balaban J connectivity index is 2.06. The number of halogens is 1. The molecule has 0 aliphatic carbocycles. The summed E-state index contributed by atoms with van der Waals surface area (Å²) >= 11 is 6.96. The zero-order valence-electron chi connectivity index (χ0n) is 9.88. The Hall–Kier alpha value is -1.31. The number of aliphatic carboxylic acids is 1. The van der Waals surface area contributed by atoms with E-state index in [9.17, 15) is 9.59 Å². The number of hydrogen-bond donors (Lipinski definition) is 3. The third kappa shape index (κ3) is 3.17. The number of rotatable bonds is 3. The lowest BCUT2D eigenvalue weighted by Gasteiger charge is -2.21. The molecule has 2 rings (SSSR count). The van der Waals surface area contributed by atoms with Gasteiger partial charge >= 0.3 is 12.0 Å². The summed E-state index contributed by atoms with van der Waals surface area (Å²) in [5, 5.41) is 21.4. The van der Waals surface area contributed by atoms with Gasteiger partial charge in [-0.25, -0.2) is 9.59 Å². The maximum Gasteiger partial charge on any atom is 0.326 e. The monoisotopic (exact) mass is 304 g/mol. The molecule has 8 heteroatoms. The maximum atomic E-state index is 12.0. The highest BCUT2D eigenvalue weighted by molar-refractivity contribution is 7.20. The molecule has 0 radical (unpaired) electrons. The average Bonchev–Trinajstić information content (AvgIpc) is 2.95. The molecule has 1 fully saturated rings. The van der Waals surface area contributed by atoms with Crippen LogP contribution in [0.4, 0.5) is 9.80 Å². The highest BCUT2D eigenvalue weighted by atomic mass is 35.5. The van der Waals surface area contributed by atoms with Crippen molar-refractivity contribution in [3.05, 3.63) is 16.5 Å². The molecule has 0 aromatic carbocycles. The molecular formula is C11H13ClN2O4S. The first-order chi connectivity index (χ1) is 9.01. The van der Waals surface area contributed by atoms with E-state index in [-0.39, 0.29) is 25.5 Å². The van der Waals surface area contributed by atoms with Gasteiger partial charge in [-0.05, 0) is 18.6 Å². The molecule has 0 bridgehead atoms. The number of carbonyl (C=O) groups is 2. The Kier molecular flexibility index (Phi) is 4.28. The van der Waals surface area contributed by atoms with Crippen LogP contribution < -0.4 is 5.32 Å². The quantitative estimate of drug-likeness (QED) is 0.793. The van der Waals surface area contributed by atoms with Crippen molar-refractivity contribution in [2.45, 2.75) is 12.5 Å². The molecular weight excluding hydrogens is 292 g/mol. The summed E-state index contributed by atoms with van der Waals surface area (Å²) in [7, 11) is 0. The lowest BCUT2D eigenvalue weighted by molar-refractivity contribution is -0.141. The largest absolute Gasteiger partial charge is 0.480 e. The number of aliphatic hydroxyl groups excluding tert-OH is 1. The summed E-state index contributed by atoms with van der Waals surface area (Å²) in [5.41, 5.74) is 0. The van der Waals surface area contributed by atoms with Crippen LogP contribution in [-0.2, 0) is 4.79 Å². The number of carboxylic acids is 1. The SMILES string of the molecule is O=C(O)[C@H]1C[C@@H](CO)CN1C(=O)Nc1ccc(Cl)s1. The molecule has 0 spiro atoms. The number of anilines is 1. The number of carbonyl (C=O) groups excluding carboxylic acids is 1. The third-order valence-electron chi connectivity index (χ3n) is 3.00. The van der Waals surface area contributed by atoms with Gasteiger partial charge in [0.2, 0.25) is 0 Å². The average molecular weight is 305 g/mol. The summed E-state index contributed by atoms with van der Waals surface area (Å²) in [4.78, 5) is 24.4. The van der Waals surface area contributed by atoms with Crippen LogP contribution in [0.3, 0.4) is 0 Å². The number of amides is 2. The lowest BCUT2D eigenvalue weighted by atomic mass is 10.1. The van der Waals surface area contributed by atoms with E-state index in [0.29, 0.717) is 9.34 Å². The zero-order valence-corrected chi connectivity index (χ0v) is 11.4. The minimum absolute atomic E-state index is 0.127. The fraction of sp³-hybridized carbons (Fsp3) is 0.455. The number of nitrogens with one attached hydrogen (secondary N) is 1. The smallest absolute Gasteiger partial charge is 0.326 e. The minimum atomic E-state index is -1.06. The molecule has 0 unspecified atom stereocenters. The number of carboxylic acid groups (broad SMARTS) is 1. The van der Waals surface area contributed by atoms with E-state index in [1.165, 1.54) is 16.2 Å². The summed E-state index contributed by atoms with van der Waals surface area (Å²) in [5.74, 6) is -1.26. The van der Waals surface area contributed by atoms with Crippen molar-refractivity contribution in [3.63, 3.8) is 0 Å². The molecule has 2 heterocycles. The van der Waals surface area contributed by atoms with Crippen molar-refractivity contribution in [1.82, 2.24) is 4.90 Å². The van der Waals surface area contributed by atoms with Crippen LogP contribution in [0.15, 0.2) is 12.1 Å². The fourth-order valence-electron chi connectivity index (χ4n) is 2.07. The molecule has 0 saturated carbocycles. The second-order valence-electron chi connectivity index (χ2n) is 4.32. The normalized spacial score (nSPS) is 22.5. The van der Waals surface area contributed by atoms with Crippen LogP contribution >= 0.6 is 22.9 Å². The number of aliphatic hydroxyl groups is 1. The maximum absolute atomic E-state index is 12.0. The van der Waals surface area contributed by atoms with Crippen molar-refractivity contribution in [3.8, 4) is 0 Å². The molecule has 1 aromatic heterocycles. The zero-order chi connectivity index (χ0) is 14.0. The van der Waals surface area contributed by atoms with Gasteiger partial charge in [0, 0.05) is 19.1 Å². The van der Waals surface area contributed by atoms with Gasteiger partial charge in [-0.1, -0.05) is 11.6 Å². The van der Waals surface area contributed by atoms with Crippen molar-refractivity contribution in [2.24, 2.45) is 5.92 Å². The van der Waals surface area contributed by atoms with Gasteiger partial charge in [-0.15, -0.1) is 11.3 Å². The second kappa shape index (κ2) is 5.77. The predicted molar refractivity (Wildman–Crippen MR) is 71.7 cm³/mol. The molecule has 1 saturated heterocycles. The minimum Gasteiger partial charge on any atom is -0.480 e. The first-order valence-corrected chi connectivity index (χ1v) is 6.87. The topological polar surface area (TPSA) is 89.9 Å². The van der Waals surface area contributed by atoms with E-state index >= 15 is 0 Å². The van der Waals surface area contributed by atoms with E-state index in [1.807, 2.05) is 0 Å². The molecule has 2 atom stereocenters. The number of likely N-dealkylation sites (tertiary alicyclic amines) is 1. The lowest BCUT2D eigenvalue weighted by Crippen LogP contribution is -2.42. The van der Waals surface area contributed by atoms with Crippen LogP contribution in [0.1, 0.15) is 6.42 Å². The molecule has 1 aliphatic rings. The van der Waals surface area contributed by atoms with Gasteiger partial charge in [0.05, 0.1) is 9.34 Å². The Morgan fingerprint density at radius 2 is 2.26 bits per heavy atom. The Bertz CT molecular complexity index is 493. The van der Waals surface area contributed by atoms with Crippen molar-refractivity contribution in [2.75, 3.05) is 18.5 Å². The van der Waals surface area contributed by atoms with Crippen LogP contribution in [0.2, 0.25) is 4.34 Å². The second-order valence-corrected chi connectivity index (χ2v) is 6.04. The van der Waals surface area contributed by atoms with Gasteiger partial charge in [-0.2, -0.15) is 0 Å². The first kappa shape index (κ1) is 14.1. The molecule has 2 amide bonds. The number of thiophene rings is 1. The van der Waals surface area contributed by atoms with E-state index in [4.69, 9.17) is 21.8 Å². The summed E-state index contributed by atoms with van der Waals surface area (Å²) in [6.07, 6.45) is 0.268. The Morgan fingerprint density at radius 1 is 1.53 bits per heavy atom. The molecule has 104 valence electrons. The van der Waals surface area contributed by atoms with Gasteiger partial charge in [0.15, 0.2) is 0 Å². The van der Waals surface area contributed by atoms with Crippen LogP contribution in [0.5, 0.6) is 0 Å². The van der Waals surface area contributed by atoms with Crippen molar-refractivity contribution in [1.29, 1.82) is 0 Å². The summed E-state index contributed by atoms with van der Waals surface area (Å²) in [6, 6.07) is 1.92. The number of hydrogen-bond acceptors (Lipinski definition) is 4. The summed E-state index contributed by atoms with van der Waals surface area (Å²) < 4.78 is 0.541. The van der Waals surface area contributed by atoms with Gasteiger partial charge < -0.3 is 15.1 Å².